The molecule has 0 aliphatic rings. The molecule has 1 heterocycles. The van der Waals surface area contributed by atoms with Crippen LogP contribution in [-0.2, 0) is 11.3 Å². The van der Waals surface area contributed by atoms with E-state index >= 15 is 0 Å². The quantitative estimate of drug-likeness (QED) is 0.806. The Morgan fingerprint density at radius 3 is 2.94 bits per heavy atom. The van der Waals surface area contributed by atoms with E-state index in [1.807, 2.05) is 16.8 Å². The molecule has 1 N–H and O–H groups in total. The Bertz CT molecular complexity index is 542. The summed E-state index contributed by atoms with van der Waals surface area (Å²) in [5.41, 5.74) is 2.34. The first kappa shape index (κ1) is 12.7. The summed E-state index contributed by atoms with van der Waals surface area (Å²) < 4.78 is 2.00. The lowest BCUT2D eigenvalue weighted by Gasteiger charge is -2.07. The second-order valence-electron chi connectivity index (χ2n) is 4.71. The van der Waals surface area contributed by atoms with Crippen molar-refractivity contribution in [2.24, 2.45) is 0 Å². The molecule has 0 aliphatic heterocycles. The van der Waals surface area contributed by atoms with Crippen molar-refractivity contribution in [2.75, 3.05) is 6.54 Å². The molecule has 3 nitrogen and oxygen atoms in total. The van der Waals surface area contributed by atoms with Crippen molar-refractivity contribution in [3.05, 3.63) is 36.0 Å². The number of aromatic nitrogens is 1. The minimum absolute atomic E-state index is 0.0856. The lowest BCUT2D eigenvalue weighted by molar-refractivity contribution is -0.121. The number of aryl methyl sites for hydroxylation is 1. The third-order valence-electron chi connectivity index (χ3n) is 3.10. The van der Waals surface area contributed by atoms with E-state index in [1.165, 1.54) is 10.9 Å². The van der Waals surface area contributed by atoms with E-state index < -0.39 is 0 Å². The number of rotatable bonds is 5. The average molecular weight is 244 g/mol. The molecule has 0 atom stereocenters. The summed E-state index contributed by atoms with van der Waals surface area (Å²) in [5, 5.41) is 4.12. The van der Waals surface area contributed by atoms with Gasteiger partial charge < -0.3 is 9.88 Å². The van der Waals surface area contributed by atoms with Gasteiger partial charge in [-0.1, -0.05) is 25.5 Å². The minimum atomic E-state index is 0.0856. The number of unbranched alkanes of at least 4 members (excludes halogenated alkanes) is 1. The Kier molecular flexibility index (Phi) is 4.03. The first-order chi connectivity index (χ1) is 8.70. The van der Waals surface area contributed by atoms with Gasteiger partial charge in [0.1, 0.15) is 6.54 Å². The van der Waals surface area contributed by atoms with Crippen LogP contribution in [0.3, 0.4) is 0 Å². The van der Waals surface area contributed by atoms with Crippen LogP contribution in [0.1, 0.15) is 25.3 Å². The van der Waals surface area contributed by atoms with Crippen LogP contribution < -0.4 is 5.32 Å². The number of carbonyl (C=O) groups excluding carboxylic acids is 1. The van der Waals surface area contributed by atoms with Crippen LogP contribution in [0.4, 0.5) is 0 Å². The second-order valence-corrected chi connectivity index (χ2v) is 4.71. The number of hydrogen-bond donors (Lipinski definition) is 1. The van der Waals surface area contributed by atoms with Gasteiger partial charge in [-0.3, -0.25) is 4.79 Å². The normalized spacial score (nSPS) is 10.8. The summed E-state index contributed by atoms with van der Waals surface area (Å²) >= 11 is 0. The SMILES string of the molecule is CCCCNC(=O)Cn1ccc2ccc(C)cc21. The number of nitrogens with one attached hydrogen (secondary N) is 1. The van der Waals surface area contributed by atoms with Crippen LogP contribution in [0.5, 0.6) is 0 Å². The third-order valence-corrected chi connectivity index (χ3v) is 3.10. The maximum absolute atomic E-state index is 11.8. The fourth-order valence-electron chi connectivity index (χ4n) is 2.05. The van der Waals surface area contributed by atoms with Crippen LogP contribution in [0.2, 0.25) is 0 Å². The minimum Gasteiger partial charge on any atom is -0.355 e. The Morgan fingerprint density at radius 1 is 1.33 bits per heavy atom. The van der Waals surface area contributed by atoms with Gasteiger partial charge in [0.15, 0.2) is 0 Å². The van der Waals surface area contributed by atoms with Crippen molar-refractivity contribution in [3.8, 4) is 0 Å². The molecule has 0 unspecified atom stereocenters. The van der Waals surface area contributed by atoms with Gasteiger partial charge in [-0.15, -0.1) is 0 Å². The number of fused-ring (bicyclic) bond motifs is 1. The first-order valence-corrected chi connectivity index (χ1v) is 6.53. The molecule has 0 fully saturated rings. The maximum atomic E-state index is 11.8. The Balaban J connectivity index is 2.07. The van der Waals surface area contributed by atoms with E-state index in [2.05, 4.69) is 37.4 Å². The molecule has 1 aromatic heterocycles. The lowest BCUT2D eigenvalue weighted by atomic mass is 10.2. The summed E-state index contributed by atoms with van der Waals surface area (Å²) in [7, 11) is 0. The van der Waals surface area contributed by atoms with Crippen molar-refractivity contribution in [1.82, 2.24) is 9.88 Å². The zero-order valence-corrected chi connectivity index (χ0v) is 11.1. The zero-order chi connectivity index (χ0) is 13.0. The molecule has 0 bridgehead atoms. The summed E-state index contributed by atoms with van der Waals surface area (Å²) in [6.45, 7) is 5.36. The van der Waals surface area contributed by atoms with Gasteiger partial charge in [0.25, 0.3) is 0 Å². The zero-order valence-electron chi connectivity index (χ0n) is 11.1. The number of carbonyl (C=O) groups is 1. The van der Waals surface area contributed by atoms with E-state index in [0.29, 0.717) is 6.54 Å². The Labute approximate surface area is 108 Å². The topological polar surface area (TPSA) is 34.0 Å². The highest BCUT2D eigenvalue weighted by Crippen LogP contribution is 2.17. The predicted octanol–water partition coefficient (Wildman–Crippen LogP) is 2.87. The average Bonchev–Trinajstić information content (AvgIpc) is 2.72. The van der Waals surface area contributed by atoms with Crippen molar-refractivity contribution in [2.45, 2.75) is 33.2 Å². The van der Waals surface area contributed by atoms with E-state index in [0.717, 1.165) is 24.9 Å². The number of nitrogens with zero attached hydrogens (tertiary/aromatic N) is 1. The monoisotopic (exact) mass is 244 g/mol. The molecule has 0 aliphatic carbocycles. The molecule has 2 rings (SSSR count). The maximum Gasteiger partial charge on any atom is 0.239 e. The predicted molar refractivity (Wildman–Crippen MR) is 74.6 cm³/mol. The smallest absolute Gasteiger partial charge is 0.239 e. The molecule has 0 radical (unpaired) electrons. The highest BCUT2D eigenvalue weighted by Gasteiger charge is 2.05. The Morgan fingerprint density at radius 2 is 2.17 bits per heavy atom. The number of amides is 1. The molecular weight excluding hydrogens is 224 g/mol. The molecule has 0 saturated heterocycles. The highest BCUT2D eigenvalue weighted by atomic mass is 16.1. The lowest BCUT2D eigenvalue weighted by Crippen LogP contribution is -2.28. The standard InChI is InChI=1S/C15H20N2O/c1-3-4-8-16-15(18)11-17-9-7-13-6-5-12(2)10-14(13)17/h5-7,9-10H,3-4,8,11H2,1-2H3,(H,16,18). The van der Waals surface area contributed by atoms with Crippen molar-refractivity contribution >= 4 is 16.8 Å². The Hall–Kier alpha value is -1.77. The van der Waals surface area contributed by atoms with Crippen molar-refractivity contribution in [3.63, 3.8) is 0 Å². The van der Waals surface area contributed by atoms with Crippen LogP contribution >= 0.6 is 0 Å². The highest BCUT2D eigenvalue weighted by molar-refractivity contribution is 5.83. The molecule has 0 spiro atoms. The van der Waals surface area contributed by atoms with Gasteiger partial charge in [-0.2, -0.15) is 0 Å². The summed E-state index contributed by atoms with van der Waals surface area (Å²) in [6.07, 6.45) is 4.12. The van der Waals surface area contributed by atoms with Gasteiger partial charge in [0.2, 0.25) is 5.91 Å². The van der Waals surface area contributed by atoms with Gasteiger partial charge in [0.05, 0.1) is 0 Å². The van der Waals surface area contributed by atoms with Crippen LogP contribution in [0, 0.1) is 6.92 Å². The van der Waals surface area contributed by atoms with Crippen molar-refractivity contribution < 1.29 is 4.79 Å². The van der Waals surface area contributed by atoms with Gasteiger partial charge in [0, 0.05) is 18.3 Å². The second kappa shape index (κ2) is 5.71. The summed E-state index contributed by atoms with van der Waals surface area (Å²) in [5.74, 6) is 0.0856. The number of hydrogen-bond acceptors (Lipinski definition) is 1. The molecule has 2 aromatic rings. The molecule has 1 amide bonds. The fraction of sp³-hybridized carbons (Fsp3) is 0.400. The molecule has 3 heteroatoms. The molecule has 1 aromatic carbocycles. The third kappa shape index (κ3) is 2.92. The van der Waals surface area contributed by atoms with Crippen molar-refractivity contribution in [1.29, 1.82) is 0 Å². The van der Waals surface area contributed by atoms with Crippen LogP contribution in [0.15, 0.2) is 30.5 Å². The largest absolute Gasteiger partial charge is 0.355 e. The van der Waals surface area contributed by atoms with Gasteiger partial charge >= 0.3 is 0 Å². The molecule has 18 heavy (non-hydrogen) atoms. The van der Waals surface area contributed by atoms with E-state index in [1.54, 1.807) is 0 Å². The van der Waals surface area contributed by atoms with Gasteiger partial charge in [-0.05, 0) is 36.4 Å². The first-order valence-electron chi connectivity index (χ1n) is 6.53. The molecule has 0 saturated carbocycles. The molecular formula is C15H20N2O. The van der Waals surface area contributed by atoms with Crippen LogP contribution in [-0.4, -0.2) is 17.0 Å². The van der Waals surface area contributed by atoms with Crippen LogP contribution in [0.25, 0.3) is 10.9 Å². The van der Waals surface area contributed by atoms with E-state index in [9.17, 15) is 4.79 Å². The number of benzene rings is 1. The van der Waals surface area contributed by atoms with E-state index in [-0.39, 0.29) is 5.91 Å². The van der Waals surface area contributed by atoms with E-state index in [4.69, 9.17) is 0 Å². The summed E-state index contributed by atoms with van der Waals surface area (Å²) in [4.78, 5) is 11.8. The van der Waals surface area contributed by atoms with Gasteiger partial charge in [-0.25, -0.2) is 0 Å². The fourth-order valence-corrected chi connectivity index (χ4v) is 2.05. The molecule has 96 valence electrons. The summed E-state index contributed by atoms with van der Waals surface area (Å²) in [6, 6.07) is 8.35.